The molecule has 0 aliphatic heterocycles. The molecule has 4 nitrogen and oxygen atoms in total. The Labute approximate surface area is 46.7 Å². The van der Waals surface area contributed by atoms with Crippen molar-refractivity contribution in [1.82, 2.24) is 0 Å². The molecule has 48 valence electrons. The van der Waals surface area contributed by atoms with Crippen molar-refractivity contribution in [3.05, 3.63) is 12.5 Å². The zero-order valence-corrected chi connectivity index (χ0v) is 4.19. The average molecular weight is 120 g/mol. The maximum Gasteiger partial charge on any atom is 0.145 e. The van der Waals surface area contributed by atoms with Crippen LogP contribution >= 0.6 is 0 Å². The molecule has 0 bridgehead atoms. The number of hydrogen-bond acceptors (Lipinski definition) is 4. The standard InChI is InChI=1S/2C2H4O2/c2*3-1-2-4/h1,4H,2H2;1-4H/b;2-1+. The highest BCUT2D eigenvalue weighted by Crippen LogP contribution is 1.44. The molecule has 8 heavy (non-hydrogen) atoms. The smallest absolute Gasteiger partial charge is 0.145 e. The molecule has 4 heteroatoms. The molecule has 0 radical (unpaired) electrons. The zero-order chi connectivity index (χ0) is 6.83. The van der Waals surface area contributed by atoms with E-state index in [-0.39, 0.29) is 6.61 Å². The van der Waals surface area contributed by atoms with Crippen molar-refractivity contribution in [2.24, 2.45) is 0 Å². The van der Waals surface area contributed by atoms with Gasteiger partial charge in [0.15, 0.2) is 0 Å². The van der Waals surface area contributed by atoms with Gasteiger partial charge in [-0.1, -0.05) is 0 Å². The van der Waals surface area contributed by atoms with Crippen molar-refractivity contribution in [3.63, 3.8) is 0 Å². The fourth-order valence-corrected chi connectivity index (χ4v) is 0. The first-order valence-corrected chi connectivity index (χ1v) is 1.81. The molecule has 0 aromatic heterocycles. The lowest BCUT2D eigenvalue weighted by Gasteiger charge is -1.55. The van der Waals surface area contributed by atoms with Gasteiger partial charge >= 0.3 is 0 Å². The second kappa shape index (κ2) is 16.7. The second-order valence-electron chi connectivity index (χ2n) is 0.647. The minimum Gasteiger partial charge on any atom is -0.512 e. The minimum absolute atomic E-state index is 0.361. The molecule has 0 spiro atoms. The van der Waals surface area contributed by atoms with Gasteiger partial charge in [-0.3, -0.25) is 0 Å². The fourth-order valence-electron chi connectivity index (χ4n) is 0. The van der Waals surface area contributed by atoms with Crippen LogP contribution in [-0.4, -0.2) is 28.2 Å². The van der Waals surface area contributed by atoms with Crippen molar-refractivity contribution in [2.75, 3.05) is 6.61 Å². The Hall–Kier alpha value is -1.03. The van der Waals surface area contributed by atoms with E-state index in [4.69, 9.17) is 20.1 Å². The number of carbonyl (C=O) groups is 1. The van der Waals surface area contributed by atoms with Crippen LogP contribution in [0.25, 0.3) is 0 Å². The molecule has 0 aliphatic rings. The SMILES string of the molecule is O/C=C/O.O=CCO. The molecule has 3 N–H and O–H groups in total. The third kappa shape index (κ3) is 83.3. The van der Waals surface area contributed by atoms with Crippen molar-refractivity contribution >= 4 is 6.29 Å². The lowest BCUT2D eigenvalue weighted by molar-refractivity contribution is -0.110. The van der Waals surface area contributed by atoms with E-state index in [2.05, 4.69) is 0 Å². The molecule has 0 saturated heterocycles. The maximum absolute atomic E-state index is 8.92. The summed E-state index contributed by atoms with van der Waals surface area (Å²) in [6.07, 6.45) is 1.54. The number of aliphatic hydroxyl groups is 3. The van der Waals surface area contributed by atoms with Gasteiger partial charge in [-0.05, 0) is 0 Å². The number of carbonyl (C=O) groups excluding carboxylic acids is 1. The predicted molar refractivity (Wildman–Crippen MR) is 27.5 cm³/mol. The third-order valence-corrected chi connectivity index (χ3v) is 0.141. The van der Waals surface area contributed by atoms with Gasteiger partial charge in [0, 0.05) is 0 Å². The lowest BCUT2D eigenvalue weighted by atomic mass is 10.9. The molecule has 0 aliphatic carbocycles. The van der Waals surface area contributed by atoms with E-state index in [9.17, 15) is 0 Å². The number of rotatable bonds is 1. The Morgan fingerprint density at radius 3 is 1.50 bits per heavy atom. The van der Waals surface area contributed by atoms with Crippen molar-refractivity contribution < 1.29 is 20.1 Å². The van der Waals surface area contributed by atoms with E-state index in [0.29, 0.717) is 18.8 Å². The molecule has 0 aromatic carbocycles. The van der Waals surface area contributed by atoms with Crippen molar-refractivity contribution in [1.29, 1.82) is 0 Å². The van der Waals surface area contributed by atoms with Gasteiger partial charge in [0.05, 0.1) is 6.61 Å². The summed E-state index contributed by atoms with van der Waals surface area (Å²) in [6, 6.07) is 0. The average Bonchev–Trinajstić information content (AvgIpc) is 1.88. The minimum atomic E-state index is -0.361. The zero-order valence-electron chi connectivity index (χ0n) is 4.19. The first kappa shape index (κ1) is 10.1. The summed E-state index contributed by atoms with van der Waals surface area (Å²) >= 11 is 0. The van der Waals surface area contributed by atoms with Crippen LogP contribution in [0.2, 0.25) is 0 Å². The van der Waals surface area contributed by atoms with Crippen molar-refractivity contribution in [3.8, 4) is 0 Å². The van der Waals surface area contributed by atoms with Crippen LogP contribution in [0.4, 0.5) is 0 Å². The highest BCUT2D eigenvalue weighted by atomic mass is 16.3. The number of hydrogen-bond donors (Lipinski definition) is 3. The van der Waals surface area contributed by atoms with Crippen LogP contribution in [0.15, 0.2) is 12.5 Å². The summed E-state index contributed by atoms with van der Waals surface area (Å²) < 4.78 is 0. The van der Waals surface area contributed by atoms with Crippen LogP contribution in [-0.2, 0) is 4.79 Å². The second-order valence-corrected chi connectivity index (χ2v) is 0.647. The van der Waals surface area contributed by atoms with E-state index in [0.717, 1.165) is 0 Å². The normalized spacial score (nSPS) is 7.62. The van der Waals surface area contributed by atoms with Gasteiger partial charge in [-0.25, -0.2) is 0 Å². The largest absolute Gasteiger partial charge is 0.512 e. The van der Waals surface area contributed by atoms with Gasteiger partial charge in [0.1, 0.15) is 18.8 Å². The number of aliphatic hydroxyl groups excluding tert-OH is 3. The van der Waals surface area contributed by atoms with Gasteiger partial charge in [0.2, 0.25) is 0 Å². The maximum atomic E-state index is 8.92. The summed E-state index contributed by atoms with van der Waals surface area (Å²) in [5.74, 6) is 0. The first-order chi connectivity index (χ1) is 3.83. The van der Waals surface area contributed by atoms with Crippen molar-refractivity contribution in [2.45, 2.75) is 0 Å². The molecular formula is C4H8O4. The van der Waals surface area contributed by atoms with Gasteiger partial charge < -0.3 is 20.1 Å². The summed E-state index contributed by atoms with van der Waals surface area (Å²) in [5.41, 5.74) is 0. The van der Waals surface area contributed by atoms with E-state index in [1.54, 1.807) is 0 Å². The summed E-state index contributed by atoms with van der Waals surface area (Å²) in [7, 11) is 0. The topological polar surface area (TPSA) is 77.8 Å². The van der Waals surface area contributed by atoms with Crippen LogP contribution in [0, 0.1) is 0 Å². The molecular weight excluding hydrogens is 112 g/mol. The quantitative estimate of drug-likeness (QED) is 0.329. The predicted octanol–water partition coefficient (Wildman–Crippen LogP) is -0.249. The Morgan fingerprint density at radius 1 is 1.25 bits per heavy atom. The Balaban J connectivity index is 0. The van der Waals surface area contributed by atoms with Crippen LogP contribution < -0.4 is 0 Å². The Kier molecular flexibility index (Phi) is 21.0. The van der Waals surface area contributed by atoms with Crippen LogP contribution in [0.3, 0.4) is 0 Å². The molecule has 0 fully saturated rings. The van der Waals surface area contributed by atoms with Crippen LogP contribution in [0.1, 0.15) is 0 Å². The van der Waals surface area contributed by atoms with Gasteiger partial charge in [-0.15, -0.1) is 0 Å². The fraction of sp³-hybridized carbons (Fsp3) is 0.250. The molecule has 0 amide bonds. The molecule has 0 atom stereocenters. The van der Waals surface area contributed by atoms with Gasteiger partial charge in [0.25, 0.3) is 0 Å². The van der Waals surface area contributed by atoms with Gasteiger partial charge in [-0.2, -0.15) is 0 Å². The molecule has 0 rings (SSSR count). The highest BCUT2D eigenvalue weighted by molar-refractivity contribution is 5.49. The molecule has 0 aromatic rings. The first-order valence-electron chi connectivity index (χ1n) is 1.81. The summed E-state index contributed by atoms with van der Waals surface area (Å²) in [6.45, 7) is -0.361. The Morgan fingerprint density at radius 2 is 1.50 bits per heavy atom. The lowest BCUT2D eigenvalue weighted by Crippen LogP contribution is -1.75. The molecule has 0 unspecified atom stereocenters. The van der Waals surface area contributed by atoms with E-state index in [1.165, 1.54) is 0 Å². The van der Waals surface area contributed by atoms with Crippen LogP contribution in [0.5, 0.6) is 0 Å². The molecule has 0 heterocycles. The highest BCUT2D eigenvalue weighted by Gasteiger charge is 1.53. The van der Waals surface area contributed by atoms with E-state index in [1.807, 2.05) is 0 Å². The van der Waals surface area contributed by atoms with E-state index >= 15 is 0 Å². The third-order valence-electron chi connectivity index (χ3n) is 0.141. The number of aldehydes is 1. The summed E-state index contributed by atoms with van der Waals surface area (Å²) in [4.78, 5) is 8.92. The van der Waals surface area contributed by atoms with E-state index < -0.39 is 0 Å². The molecule has 0 saturated carbocycles. The summed E-state index contributed by atoms with van der Waals surface area (Å²) in [5, 5.41) is 22.4. The monoisotopic (exact) mass is 120 g/mol. The Bertz CT molecular complexity index is 55.1.